The number of amidine groups is 1. The van der Waals surface area contributed by atoms with Gasteiger partial charge in [0, 0.05) is 13.3 Å². The molecule has 0 aromatic heterocycles. The van der Waals surface area contributed by atoms with Crippen molar-refractivity contribution in [2.24, 2.45) is 10.7 Å². The summed E-state index contributed by atoms with van der Waals surface area (Å²) in [4.78, 5) is 15.7. The van der Waals surface area contributed by atoms with Crippen molar-refractivity contribution in [1.82, 2.24) is 0 Å². The lowest BCUT2D eigenvalue weighted by Gasteiger charge is -2.34. The molecule has 5 nitrogen and oxygen atoms in total. The van der Waals surface area contributed by atoms with Crippen LogP contribution >= 0.6 is 0 Å². The molecule has 2 unspecified atom stereocenters. The van der Waals surface area contributed by atoms with E-state index in [1.807, 2.05) is 13.1 Å². The molecule has 0 spiro atoms. The van der Waals surface area contributed by atoms with E-state index in [0.29, 0.717) is 0 Å². The van der Waals surface area contributed by atoms with Crippen molar-refractivity contribution in [1.29, 1.82) is 0 Å². The Bertz CT molecular complexity index is 583. The van der Waals surface area contributed by atoms with Gasteiger partial charge in [-0.2, -0.15) is 0 Å². The Balaban J connectivity index is 1.95. The molecule has 1 heterocycles. The summed E-state index contributed by atoms with van der Waals surface area (Å²) in [6.07, 6.45) is 29.7. The van der Waals surface area contributed by atoms with Gasteiger partial charge in [-0.25, -0.2) is 14.3 Å². The number of allylic oxidation sites excluding steroid dienone is 2. The van der Waals surface area contributed by atoms with E-state index in [9.17, 15) is 9.90 Å². The topological polar surface area (TPSA) is 75.7 Å². The van der Waals surface area contributed by atoms with Crippen LogP contribution in [-0.4, -0.2) is 34.1 Å². The van der Waals surface area contributed by atoms with Crippen LogP contribution < -0.4 is 5.73 Å². The molecule has 184 valence electrons. The molecular weight excluding hydrogens is 398 g/mol. The zero-order valence-corrected chi connectivity index (χ0v) is 20.9. The number of nitrogens with zero attached hydrogens (tertiary/aromatic N) is 2. The maximum absolute atomic E-state index is 11.3. The molecule has 1 rings (SSSR count). The summed E-state index contributed by atoms with van der Waals surface area (Å²) in [7, 11) is 0. The second-order valence-electron chi connectivity index (χ2n) is 9.46. The molecule has 5 heteroatoms. The molecule has 0 aromatic rings. The smallest absolute Gasteiger partial charge is 0.360 e. The van der Waals surface area contributed by atoms with Crippen molar-refractivity contribution >= 4 is 11.8 Å². The number of aliphatic carboxylic acids is 1. The Labute approximate surface area is 197 Å². The standard InChI is InChI=1S/C27H49N3O2/c1-3-4-5-6-7-8-9-10-11-12-13-14-15-16-17-18-19-20-21-26-29-22-23-30(26,25(2)28)24-27(31)32/h7-8,22-23,25H,3-6,9-21,24,28H2,1-2H3/p+1/b8-7+. The van der Waals surface area contributed by atoms with Gasteiger partial charge in [0.15, 0.2) is 6.54 Å². The highest BCUT2D eigenvalue weighted by Crippen LogP contribution is 2.23. The second-order valence-corrected chi connectivity index (χ2v) is 9.46. The molecule has 0 radical (unpaired) electrons. The lowest BCUT2D eigenvalue weighted by atomic mass is 10.0. The van der Waals surface area contributed by atoms with Gasteiger partial charge in [0.25, 0.3) is 0 Å². The van der Waals surface area contributed by atoms with Gasteiger partial charge >= 0.3 is 5.97 Å². The van der Waals surface area contributed by atoms with Crippen LogP contribution in [0.5, 0.6) is 0 Å². The average Bonchev–Trinajstić information content (AvgIpc) is 3.16. The van der Waals surface area contributed by atoms with Gasteiger partial charge in [0.05, 0.1) is 6.20 Å². The Kier molecular flexibility index (Phi) is 16.1. The van der Waals surface area contributed by atoms with Crippen LogP contribution in [0.1, 0.15) is 123 Å². The molecule has 1 aliphatic heterocycles. The van der Waals surface area contributed by atoms with Crippen LogP contribution in [0.25, 0.3) is 0 Å². The molecule has 2 atom stereocenters. The Morgan fingerprint density at radius 1 is 0.938 bits per heavy atom. The molecule has 0 aliphatic carbocycles. The van der Waals surface area contributed by atoms with Gasteiger partial charge in [-0.3, -0.25) is 5.73 Å². The predicted octanol–water partition coefficient (Wildman–Crippen LogP) is 7.28. The monoisotopic (exact) mass is 448 g/mol. The van der Waals surface area contributed by atoms with Gasteiger partial charge in [0.2, 0.25) is 5.84 Å². The number of carboxylic acid groups (broad SMARTS) is 1. The van der Waals surface area contributed by atoms with Crippen molar-refractivity contribution in [3.63, 3.8) is 0 Å². The van der Waals surface area contributed by atoms with E-state index in [-0.39, 0.29) is 17.2 Å². The van der Waals surface area contributed by atoms with Crippen molar-refractivity contribution in [3.8, 4) is 0 Å². The lowest BCUT2D eigenvalue weighted by molar-refractivity contribution is -0.805. The van der Waals surface area contributed by atoms with Crippen LogP contribution in [0, 0.1) is 0 Å². The average molecular weight is 449 g/mol. The zero-order chi connectivity index (χ0) is 23.5. The molecular formula is C27H50N3O2+. The van der Waals surface area contributed by atoms with Crippen LogP contribution in [0.4, 0.5) is 0 Å². The van der Waals surface area contributed by atoms with Crippen molar-refractivity contribution < 1.29 is 14.4 Å². The van der Waals surface area contributed by atoms with Crippen LogP contribution in [0.2, 0.25) is 0 Å². The van der Waals surface area contributed by atoms with E-state index < -0.39 is 5.97 Å². The summed E-state index contributed by atoms with van der Waals surface area (Å²) in [6.45, 7) is 4.10. The van der Waals surface area contributed by atoms with E-state index in [2.05, 4.69) is 24.1 Å². The first kappa shape index (κ1) is 28.6. The zero-order valence-electron chi connectivity index (χ0n) is 20.9. The summed E-state index contributed by atoms with van der Waals surface area (Å²) in [5.74, 6) is 0.0607. The number of hydrogen-bond acceptors (Lipinski definition) is 3. The largest absolute Gasteiger partial charge is 0.477 e. The Morgan fingerprint density at radius 2 is 1.44 bits per heavy atom. The fourth-order valence-corrected chi connectivity index (χ4v) is 4.47. The highest BCUT2D eigenvalue weighted by molar-refractivity contribution is 5.81. The highest BCUT2D eigenvalue weighted by Gasteiger charge is 2.40. The van der Waals surface area contributed by atoms with E-state index in [0.717, 1.165) is 18.7 Å². The summed E-state index contributed by atoms with van der Waals surface area (Å²) in [6, 6.07) is 0. The van der Waals surface area contributed by atoms with Gasteiger partial charge in [-0.05, 0) is 32.1 Å². The quantitative estimate of drug-likeness (QED) is 0.110. The summed E-state index contributed by atoms with van der Waals surface area (Å²) in [5.41, 5.74) is 6.12. The predicted molar refractivity (Wildman–Crippen MR) is 136 cm³/mol. The fraction of sp³-hybridized carbons (Fsp3) is 0.778. The van der Waals surface area contributed by atoms with Gasteiger partial charge in [0.1, 0.15) is 12.4 Å². The van der Waals surface area contributed by atoms with Gasteiger partial charge < -0.3 is 5.11 Å². The molecule has 0 bridgehead atoms. The maximum atomic E-state index is 11.3. The number of nitrogens with two attached hydrogens (primary N) is 1. The number of hydrogen-bond donors (Lipinski definition) is 2. The van der Waals surface area contributed by atoms with Gasteiger partial charge in [-0.1, -0.05) is 89.7 Å². The number of carboxylic acids is 1. The number of carbonyl (C=O) groups is 1. The van der Waals surface area contributed by atoms with Crippen molar-refractivity contribution in [2.75, 3.05) is 6.54 Å². The third kappa shape index (κ3) is 12.0. The maximum Gasteiger partial charge on any atom is 0.360 e. The molecule has 0 aromatic carbocycles. The van der Waals surface area contributed by atoms with E-state index in [1.165, 1.54) is 96.3 Å². The third-order valence-corrected chi connectivity index (χ3v) is 6.57. The number of rotatable bonds is 21. The van der Waals surface area contributed by atoms with Crippen molar-refractivity contribution in [3.05, 3.63) is 24.6 Å². The first-order valence-corrected chi connectivity index (χ1v) is 13.3. The van der Waals surface area contributed by atoms with Crippen molar-refractivity contribution in [2.45, 2.75) is 129 Å². The van der Waals surface area contributed by atoms with Crippen LogP contribution in [0.3, 0.4) is 0 Å². The summed E-state index contributed by atoms with van der Waals surface area (Å²) >= 11 is 0. The van der Waals surface area contributed by atoms with E-state index in [1.54, 1.807) is 6.20 Å². The first-order chi connectivity index (χ1) is 15.5. The molecule has 0 saturated heterocycles. The Morgan fingerprint density at radius 3 is 1.94 bits per heavy atom. The van der Waals surface area contributed by atoms with E-state index >= 15 is 0 Å². The molecule has 32 heavy (non-hydrogen) atoms. The number of unbranched alkanes of at least 4 members (excludes halogenated alkanes) is 14. The highest BCUT2D eigenvalue weighted by atomic mass is 16.4. The molecule has 3 N–H and O–H groups in total. The number of aliphatic imine (C=N–C) groups is 1. The van der Waals surface area contributed by atoms with Gasteiger partial charge in [-0.15, -0.1) is 0 Å². The minimum atomic E-state index is -0.837. The Hall–Kier alpha value is -1.46. The minimum Gasteiger partial charge on any atom is -0.477 e. The molecule has 0 fully saturated rings. The SMILES string of the molecule is CCCCC/C=C/CCCCCCCCCCCCCC1=NC=C[N+]1(CC(=O)O)C(C)N. The molecule has 0 saturated carbocycles. The summed E-state index contributed by atoms with van der Waals surface area (Å²) < 4.78 is 0.171. The molecule has 1 aliphatic rings. The summed E-state index contributed by atoms with van der Waals surface area (Å²) in [5, 5.41) is 9.27. The molecule has 0 amide bonds. The fourth-order valence-electron chi connectivity index (χ4n) is 4.47. The van der Waals surface area contributed by atoms with Crippen LogP contribution in [0.15, 0.2) is 29.5 Å². The second kappa shape index (κ2) is 18.0. The minimum absolute atomic E-state index is 0.0251. The lowest BCUT2D eigenvalue weighted by Crippen LogP contribution is -2.59. The number of quaternary nitrogens is 1. The van der Waals surface area contributed by atoms with Crippen LogP contribution in [-0.2, 0) is 4.79 Å². The first-order valence-electron chi connectivity index (χ1n) is 13.3. The normalized spacial score (nSPS) is 19.0. The van der Waals surface area contributed by atoms with E-state index in [4.69, 9.17) is 5.73 Å². The third-order valence-electron chi connectivity index (χ3n) is 6.57.